The first-order valence-corrected chi connectivity index (χ1v) is 22.4. The molecule has 21 heteroatoms. The zero-order chi connectivity index (χ0) is 49.1. The van der Waals surface area contributed by atoms with Gasteiger partial charge in [-0.05, 0) is 83.5 Å². The third kappa shape index (κ3) is 17.4. The van der Waals surface area contributed by atoms with Crippen molar-refractivity contribution in [1.82, 2.24) is 51.6 Å². The second-order valence-electron chi connectivity index (χ2n) is 17.4. The van der Waals surface area contributed by atoms with Crippen LogP contribution in [0, 0.1) is 0 Å². The molecule has 2 aromatic carbocycles. The Bertz CT molecular complexity index is 2250. The van der Waals surface area contributed by atoms with Gasteiger partial charge < -0.3 is 58.1 Å². The fraction of sp³-hybridized carbons (Fsp3) is 0.478. The van der Waals surface area contributed by atoms with Crippen molar-refractivity contribution in [3.8, 4) is 0 Å². The number of aromatic nitrogens is 3. The molecule has 21 nitrogen and oxygen atoms in total. The molecule has 364 valence electrons. The van der Waals surface area contributed by atoms with E-state index in [1.807, 2.05) is 24.3 Å². The third-order valence-corrected chi connectivity index (χ3v) is 10.6. The second kappa shape index (κ2) is 25.6. The molecule has 2 aromatic heterocycles. The number of hydrazine groups is 1. The number of unbranched alkanes of at least 4 members (excludes halogenated alkanes) is 2. The molecule has 2 heterocycles. The summed E-state index contributed by atoms with van der Waals surface area (Å²) in [6.45, 7) is 7.20. The number of carbonyl (C=O) groups is 7. The Hall–Kier alpha value is -7.00. The summed E-state index contributed by atoms with van der Waals surface area (Å²) in [4.78, 5) is 106. The average Bonchev–Trinajstić information content (AvgIpc) is 3.96. The van der Waals surface area contributed by atoms with E-state index < -0.39 is 77.5 Å². The molecule has 0 saturated carbocycles. The highest BCUT2D eigenvalue weighted by Crippen LogP contribution is 2.20. The highest BCUT2D eigenvalue weighted by Gasteiger charge is 2.31. The molecule has 4 aromatic rings. The SMILES string of the molecule is C[C@H](NC(=O)[C@@H](Cc1c[nH]c2ccccc12)NC(=O)[C@@H](N)Cc1cnc[nH]1)C(=O)NN(CCCCN(C)C(=O)OC(C)(C)C)C(=O)N[C@H](Cc1ccccc1)C(=O)N[C@@H](CCCCN)C(N)=O. The number of benzene rings is 2. The lowest BCUT2D eigenvalue weighted by atomic mass is 10.0. The van der Waals surface area contributed by atoms with Gasteiger partial charge in [-0.1, -0.05) is 48.5 Å². The van der Waals surface area contributed by atoms with Gasteiger partial charge in [0.25, 0.3) is 5.91 Å². The normalized spacial score (nSPS) is 13.5. The first-order valence-electron chi connectivity index (χ1n) is 22.4. The molecule has 0 fully saturated rings. The van der Waals surface area contributed by atoms with Crippen molar-refractivity contribution in [3.05, 3.63) is 90.1 Å². The van der Waals surface area contributed by atoms with Crippen molar-refractivity contribution < 1.29 is 38.3 Å². The molecule has 0 spiro atoms. The first kappa shape index (κ1) is 52.6. The Morgan fingerprint density at radius 1 is 0.761 bits per heavy atom. The van der Waals surface area contributed by atoms with Crippen molar-refractivity contribution in [2.24, 2.45) is 17.2 Å². The molecule has 0 aliphatic heterocycles. The van der Waals surface area contributed by atoms with E-state index in [4.69, 9.17) is 21.9 Å². The molecule has 4 rings (SSSR count). The van der Waals surface area contributed by atoms with E-state index in [2.05, 4.69) is 41.6 Å². The van der Waals surface area contributed by atoms with Crippen LogP contribution in [-0.4, -0.2) is 129 Å². The van der Waals surface area contributed by atoms with E-state index >= 15 is 0 Å². The number of hydrogen-bond acceptors (Lipinski definition) is 11. The Labute approximate surface area is 390 Å². The van der Waals surface area contributed by atoms with E-state index in [9.17, 15) is 33.6 Å². The van der Waals surface area contributed by atoms with Gasteiger partial charge in [-0.15, -0.1) is 0 Å². The minimum atomic E-state index is -1.27. The van der Waals surface area contributed by atoms with Gasteiger partial charge in [0.15, 0.2) is 0 Å². The van der Waals surface area contributed by atoms with E-state index in [1.165, 1.54) is 18.2 Å². The monoisotopic (exact) mass is 930 g/mol. The van der Waals surface area contributed by atoms with Gasteiger partial charge in [0.2, 0.25) is 23.6 Å². The highest BCUT2D eigenvalue weighted by atomic mass is 16.6. The number of carbonyl (C=O) groups excluding carboxylic acids is 7. The highest BCUT2D eigenvalue weighted by molar-refractivity contribution is 5.95. The predicted octanol–water partition coefficient (Wildman–Crippen LogP) is 1.39. The summed E-state index contributed by atoms with van der Waals surface area (Å²) in [6.07, 6.45) is 6.36. The van der Waals surface area contributed by atoms with Crippen molar-refractivity contribution in [3.63, 3.8) is 0 Å². The lowest BCUT2D eigenvalue weighted by Gasteiger charge is -2.29. The zero-order valence-corrected chi connectivity index (χ0v) is 38.9. The largest absolute Gasteiger partial charge is 0.444 e. The number of imidazole rings is 1. The minimum absolute atomic E-state index is 0.0106. The van der Waals surface area contributed by atoms with Gasteiger partial charge in [-0.2, -0.15) is 0 Å². The molecule has 0 aliphatic rings. The Morgan fingerprint density at radius 2 is 1.42 bits per heavy atom. The van der Waals surface area contributed by atoms with Crippen molar-refractivity contribution in [2.75, 3.05) is 26.7 Å². The summed E-state index contributed by atoms with van der Waals surface area (Å²) in [5, 5.41) is 12.6. The van der Waals surface area contributed by atoms with E-state index in [1.54, 1.807) is 70.5 Å². The molecule has 0 unspecified atom stereocenters. The number of H-pyrrole nitrogens is 2. The third-order valence-electron chi connectivity index (χ3n) is 10.6. The zero-order valence-electron chi connectivity index (χ0n) is 38.9. The van der Waals surface area contributed by atoms with Crippen molar-refractivity contribution in [2.45, 2.75) is 115 Å². The van der Waals surface area contributed by atoms with Crippen molar-refractivity contribution in [1.29, 1.82) is 0 Å². The van der Waals surface area contributed by atoms with Gasteiger partial charge in [0, 0.05) is 68.4 Å². The van der Waals surface area contributed by atoms with Gasteiger partial charge in [0.05, 0.1) is 12.4 Å². The molecule has 0 radical (unpaired) electrons. The number of urea groups is 1. The van der Waals surface area contributed by atoms with Crippen LogP contribution < -0.4 is 43.9 Å². The lowest BCUT2D eigenvalue weighted by Crippen LogP contribution is -2.61. The number of primary amides is 1. The van der Waals surface area contributed by atoms with Gasteiger partial charge >= 0.3 is 12.1 Å². The Morgan fingerprint density at radius 3 is 2.09 bits per heavy atom. The maximum atomic E-state index is 14.2. The molecule has 8 amide bonds. The van der Waals surface area contributed by atoms with Crippen LogP contribution in [0.2, 0.25) is 0 Å². The van der Waals surface area contributed by atoms with E-state index in [0.717, 1.165) is 21.5 Å². The van der Waals surface area contributed by atoms with E-state index in [0.29, 0.717) is 37.1 Å². The van der Waals surface area contributed by atoms with Crippen LogP contribution in [0.1, 0.15) is 76.6 Å². The maximum absolute atomic E-state index is 14.2. The summed E-state index contributed by atoms with van der Waals surface area (Å²) in [5.74, 6) is -3.56. The lowest BCUT2D eigenvalue weighted by molar-refractivity contribution is -0.133. The molecule has 5 atom stereocenters. The molecule has 67 heavy (non-hydrogen) atoms. The standard InChI is InChI=1S/C46H67N13O8/c1-29(53-42(63)38(24-31-26-51-35-18-10-9-17-33(31)35)55-41(62)34(48)25-32-27-50-28-52-32)40(61)57-59(22-14-13-21-58(5)45(66)67-46(2,3)4)44(65)56-37(23-30-15-7-6-8-16-30)43(64)54-36(39(49)60)19-11-12-20-47/h6-10,15-18,26-29,34,36-38,51H,11-14,19-25,47-48H2,1-5H3,(H2,49,60)(H,50,52)(H,53,63)(H,54,64)(H,55,62)(H,56,65)(H,57,61)/t29-,34-,36-,37+,38+/m0/s1. The predicted molar refractivity (Wildman–Crippen MR) is 251 cm³/mol. The number of nitrogens with one attached hydrogen (secondary N) is 7. The number of rotatable bonds is 24. The fourth-order valence-electron chi connectivity index (χ4n) is 6.94. The topological polar surface area (TPSA) is 318 Å². The van der Waals surface area contributed by atoms with Crippen LogP contribution in [0.5, 0.6) is 0 Å². The van der Waals surface area contributed by atoms with Crippen LogP contribution in [0.15, 0.2) is 73.3 Å². The number of nitrogens with two attached hydrogens (primary N) is 3. The quantitative estimate of drug-likeness (QED) is 0.0354. The van der Waals surface area contributed by atoms with Crippen LogP contribution in [0.4, 0.5) is 9.59 Å². The first-order chi connectivity index (χ1) is 31.8. The van der Waals surface area contributed by atoms with Gasteiger partial charge in [-0.25, -0.2) is 19.6 Å². The number of aromatic amines is 2. The number of nitrogens with zero attached hydrogens (tertiary/aromatic N) is 3. The fourth-order valence-corrected chi connectivity index (χ4v) is 6.94. The molecule has 0 saturated heterocycles. The van der Waals surface area contributed by atoms with Gasteiger partial charge in [0.1, 0.15) is 29.8 Å². The van der Waals surface area contributed by atoms with Crippen LogP contribution >= 0.6 is 0 Å². The molecule has 13 N–H and O–H groups in total. The summed E-state index contributed by atoms with van der Waals surface area (Å²) in [7, 11) is 1.58. The summed E-state index contributed by atoms with van der Waals surface area (Å²) in [5.41, 5.74) is 22.2. The Balaban J connectivity index is 1.54. The number of amides is 8. The smallest absolute Gasteiger partial charge is 0.410 e. The maximum Gasteiger partial charge on any atom is 0.410 e. The molecular formula is C46H67N13O8. The second-order valence-corrected chi connectivity index (χ2v) is 17.4. The number of fused-ring (bicyclic) bond motifs is 1. The molecule has 0 bridgehead atoms. The molecule has 0 aliphatic carbocycles. The number of ether oxygens (including phenoxy) is 1. The van der Waals surface area contributed by atoms with E-state index in [-0.39, 0.29) is 45.2 Å². The minimum Gasteiger partial charge on any atom is -0.444 e. The average molecular weight is 930 g/mol. The Kier molecular flexibility index (Phi) is 20.1. The van der Waals surface area contributed by atoms with Crippen LogP contribution in [0.25, 0.3) is 10.9 Å². The van der Waals surface area contributed by atoms with Crippen LogP contribution in [-0.2, 0) is 48.0 Å². The molecular weight excluding hydrogens is 863 g/mol. The summed E-state index contributed by atoms with van der Waals surface area (Å²) < 4.78 is 5.44. The summed E-state index contributed by atoms with van der Waals surface area (Å²) >= 11 is 0. The number of para-hydroxylation sites is 1. The van der Waals surface area contributed by atoms with Gasteiger partial charge in [-0.3, -0.25) is 29.4 Å². The van der Waals surface area contributed by atoms with Crippen molar-refractivity contribution >= 4 is 52.6 Å². The number of hydrogen-bond donors (Lipinski definition) is 10. The summed E-state index contributed by atoms with van der Waals surface area (Å²) in [6, 6.07) is 9.69. The van der Waals surface area contributed by atoms with Crippen LogP contribution in [0.3, 0.4) is 0 Å².